The van der Waals surface area contributed by atoms with Crippen molar-refractivity contribution in [2.75, 3.05) is 40.9 Å². The predicted octanol–water partition coefficient (Wildman–Crippen LogP) is 23.7. The van der Waals surface area contributed by atoms with Crippen LogP contribution in [0.4, 0.5) is 0 Å². The van der Waals surface area contributed by atoms with Crippen molar-refractivity contribution in [1.29, 1.82) is 0 Å². The Hall–Kier alpha value is -1.80. The van der Waals surface area contributed by atoms with E-state index in [4.69, 9.17) is 9.05 Å². The molecule has 0 saturated heterocycles. The van der Waals surface area contributed by atoms with Gasteiger partial charge in [0.25, 0.3) is 7.82 Å². The highest BCUT2D eigenvalue weighted by molar-refractivity contribution is 7.45. The molecule has 0 rings (SSSR count). The molecule has 9 heteroatoms. The first-order valence-corrected chi connectivity index (χ1v) is 39.1. The number of aliphatic hydroxyl groups excluding tert-OH is 1. The molecule has 3 unspecified atom stereocenters. The van der Waals surface area contributed by atoms with E-state index in [-0.39, 0.29) is 12.5 Å². The highest BCUT2D eigenvalue weighted by Gasteiger charge is 2.23. The summed E-state index contributed by atoms with van der Waals surface area (Å²) < 4.78 is 23.5. The summed E-state index contributed by atoms with van der Waals surface area (Å²) in [6.45, 7) is 4.67. The van der Waals surface area contributed by atoms with Crippen molar-refractivity contribution in [2.45, 2.75) is 386 Å². The largest absolute Gasteiger partial charge is 0.756 e. The van der Waals surface area contributed by atoms with Crippen LogP contribution in [0, 0.1) is 0 Å². The van der Waals surface area contributed by atoms with Crippen molar-refractivity contribution in [3.8, 4) is 0 Å². The molecule has 0 aliphatic heterocycles. The standard InChI is InChI=1S/C77H147N2O6P/c1-6-8-10-12-14-16-18-20-22-24-26-28-30-32-34-36-37-38-39-40-41-43-45-47-49-51-53-55-57-59-61-63-65-67-69-71-77(81)78-75(74-85-86(82,83)84-73-72-79(3,4)5)76(80)70-68-66-64-62-60-58-56-54-52-50-48-46-44-42-35-33-31-29-27-25-23-21-19-17-15-13-11-9-7-2/h18,20,24,26,30,32,60,62,68,70,75-76,80H,6-17,19,21-23,25,27-29,31,33-59,61,63-67,69,71-74H2,1-5H3,(H-,78,81,82,83)/b20-18-,26-24-,32-30-,62-60+,70-68+. The minimum absolute atomic E-state index is 0.00585. The van der Waals surface area contributed by atoms with Gasteiger partial charge in [0.05, 0.1) is 39.9 Å². The minimum Gasteiger partial charge on any atom is -0.756 e. The number of carbonyl (C=O) groups is 1. The summed E-state index contributed by atoms with van der Waals surface area (Å²) in [5, 5.41) is 14.0. The van der Waals surface area contributed by atoms with E-state index in [1.54, 1.807) is 6.08 Å². The molecule has 0 aromatic heterocycles. The van der Waals surface area contributed by atoms with Gasteiger partial charge < -0.3 is 28.8 Å². The average Bonchev–Trinajstić information content (AvgIpc) is 3.70. The SMILES string of the molecule is CCCCCCC/C=C\C/C=C\C/C=C\CCCCCCCCCCCCCCCCCCCCCCC(=O)NC(COP(=O)([O-])OCC[N+](C)(C)C)C(O)/C=C/CC/C=C/CCCCCCCCCCCCCCCCCCCCCCCCC. The number of hydrogen-bond donors (Lipinski definition) is 2. The topological polar surface area (TPSA) is 108 Å². The highest BCUT2D eigenvalue weighted by Crippen LogP contribution is 2.38. The lowest BCUT2D eigenvalue weighted by Crippen LogP contribution is -2.45. The van der Waals surface area contributed by atoms with E-state index >= 15 is 0 Å². The lowest BCUT2D eigenvalue weighted by atomic mass is 10.0. The number of quaternary nitrogens is 1. The number of phosphoric ester groups is 1. The number of hydrogen-bond acceptors (Lipinski definition) is 6. The van der Waals surface area contributed by atoms with Crippen LogP contribution in [0.5, 0.6) is 0 Å². The van der Waals surface area contributed by atoms with Crippen LogP contribution in [0.15, 0.2) is 60.8 Å². The number of carbonyl (C=O) groups excluding carboxylic acids is 1. The quantitative estimate of drug-likeness (QED) is 0.0272. The molecule has 3 atom stereocenters. The number of unbranched alkanes of at least 4 members (excludes halogenated alkanes) is 49. The molecule has 0 heterocycles. The van der Waals surface area contributed by atoms with Gasteiger partial charge in [-0.05, 0) is 70.6 Å². The average molecular weight is 1230 g/mol. The van der Waals surface area contributed by atoms with Gasteiger partial charge in [-0.1, -0.05) is 357 Å². The monoisotopic (exact) mass is 1230 g/mol. The Balaban J connectivity index is 4.03. The normalized spacial score (nSPS) is 13.9. The first-order chi connectivity index (χ1) is 42.0. The van der Waals surface area contributed by atoms with Crippen LogP contribution in [0.25, 0.3) is 0 Å². The third kappa shape index (κ3) is 69.7. The third-order valence-electron chi connectivity index (χ3n) is 17.2. The molecule has 8 nitrogen and oxygen atoms in total. The molecule has 0 bridgehead atoms. The van der Waals surface area contributed by atoms with E-state index in [9.17, 15) is 19.4 Å². The van der Waals surface area contributed by atoms with Crippen molar-refractivity contribution < 1.29 is 32.9 Å². The van der Waals surface area contributed by atoms with E-state index < -0.39 is 26.6 Å². The van der Waals surface area contributed by atoms with Gasteiger partial charge in [-0.2, -0.15) is 0 Å². The van der Waals surface area contributed by atoms with Crippen molar-refractivity contribution in [3.05, 3.63) is 60.8 Å². The van der Waals surface area contributed by atoms with Crippen molar-refractivity contribution in [1.82, 2.24) is 5.32 Å². The summed E-state index contributed by atoms with van der Waals surface area (Å²) in [6.07, 6.45) is 93.7. The lowest BCUT2D eigenvalue weighted by molar-refractivity contribution is -0.870. The molecule has 0 aromatic rings. The van der Waals surface area contributed by atoms with Crippen LogP contribution >= 0.6 is 7.82 Å². The van der Waals surface area contributed by atoms with E-state index in [0.29, 0.717) is 17.4 Å². The zero-order valence-electron chi connectivity index (χ0n) is 58.0. The predicted molar refractivity (Wildman–Crippen MR) is 376 cm³/mol. The Morgan fingerprint density at radius 3 is 1.02 bits per heavy atom. The molecule has 0 aromatic carbocycles. The van der Waals surface area contributed by atoms with Crippen molar-refractivity contribution in [3.63, 3.8) is 0 Å². The van der Waals surface area contributed by atoms with Crippen molar-refractivity contribution in [2.24, 2.45) is 0 Å². The molecule has 1 amide bonds. The maximum atomic E-state index is 13.1. The molecular formula is C77H147N2O6P. The summed E-state index contributed by atoms with van der Waals surface area (Å²) in [5.41, 5.74) is 0. The number of rotatable bonds is 70. The van der Waals surface area contributed by atoms with Crippen LogP contribution in [-0.2, 0) is 18.4 Å². The Morgan fingerprint density at radius 1 is 0.407 bits per heavy atom. The molecule has 0 radical (unpaired) electrons. The van der Waals surface area contributed by atoms with Gasteiger partial charge in [-0.25, -0.2) is 0 Å². The number of likely N-dealkylation sites (N-methyl/N-ethyl adjacent to an activating group) is 1. The number of allylic oxidation sites excluding steroid dienone is 9. The molecular weight excluding hydrogens is 1080 g/mol. The summed E-state index contributed by atoms with van der Waals surface area (Å²) in [7, 11) is 1.26. The van der Waals surface area contributed by atoms with Gasteiger partial charge in [0.2, 0.25) is 5.91 Å². The fourth-order valence-corrected chi connectivity index (χ4v) is 12.1. The van der Waals surface area contributed by atoms with E-state index in [0.717, 1.165) is 51.4 Å². The molecule has 0 aliphatic carbocycles. The maximum Gasteiger partial charge on any atom is 0.268 e. The lowest BCUT2D eigenvalue weighted by Gasteiger charge is -2.29. The van der Waals surface area contributed by atoms with Gasteiger partial charge in [-0.3, -0.25) is 9.36 Å². The first kappa shape index (κ1) is 84.2. The molecule has 0 saturated carbocycles. The number of nitrogens with one attached hydrogen (secondary N) is 1. The maximum absolute atomic E-state index is 13.1. The van der Waals surface area contributed by atoms with Crippen LogP contribution in [0.1, 0.15) is 373 Å². The van der Waals surface area contributed by atoms with Crippen LogP contribution in [0.2, 0.25) is 0 Å². The second kappa shape index (κ2) is 67.6. The number of aliphatic hydroxyl groups is 1. The zero-order chi connectivity index (χ0) is 62.6. The minimum atomic E-state index is -4.61. The van der Waals surface area contributed by atoms with Gasteiger partial charge in [0.1, 0.15) is 13.2 Å². The van der Waals surface area contributed by atoms with Gasteiger partial charge in [0, 0.05) is 6.42 Å². The third-order valence-corrected chi connectivity index (χ3v) is 18.2. The van der Waals surface area contributed by atoms with Crippen molar-refractivity contribution >= 4 is 13.7 Å². The molecule has 2 N–H and O–H groups in total. The highest BCUT2D eigenvalue weighted by atomic mass is 31.2. The van der Waals surface area contributed by atoms with Gasteiger partial charge >= 0.3 is 0 Å². The summed E-state index contributed by atoms with van der Waals surface area (Å²) in [6, 6.07) is -0.906. The van der Waals surface area contributed by atoms with Crippen LogP contribution < -0.4 is 10.2 Å². The zero-order valence-corrected chi connectivity index (χ0v) is 58.9. The van der Waals surface area contributed by atoms with Crippen LogP contribution in [0.3, 0.4) is 0 Å². The molecule has 0 spiro atoms. The van der Waals surface area contributed by atoms with Gasteiger partial charge in [0.15, 0.2) is 0 Å². The summed E-state index contributed by atoms with van der Waals surface area (Å²) >= 11 is 0. The molecule has 0 aliphatic rings. The Morgan fingerprint density at radius 2 is 0.686 bits per heavy atom. The number of amides is 1. The fraction of sp³-hybridized carbons (Fsp3) is 0.857. The first-order valence-electron chi connectivity index (χ1n) is 37.7. The smallest absolute Gasteiger partial charge is 0.268 e. The van der Waals surface area contributed by atoms with E-state index in [1.807, 2.05) is 27.2 Å². The van der Waals surface area contributed by atoms with Crippen LogP contribution in [-0.4, -0.2) is 68.5 Å². The molecule has 0 fully saturated rings. The van der Waals surface area contributed by atoms with E-state index in [1.165, 1.54) is 302 Å². The fourth-order valence-electron chi connectivity index (χ4n) is 11.4. The van der Waals surface area contributed by atoms with Gasteiger partial charge in [-0.15, -0.1) is 0 Å². The van der Waals surface area contributed by atoms with E-state index in [2.05, 4.69) is 67.8 Å². The number of nitrogens with zero attached hydrogens (tertiary/aromatic N) is 1. The molecule has 86 heavy (non-hydrogen) atoms. The number of phosphoric acid groups is 1. The Kier molecular flexibility index (Phi) is 66.2. The summed E-state index contributed by atoms with van der Waals surface area (Å²) in [5.74, 6) is -0.201. The summed E-state index contributed by atoms with van der Waals surface area (Å²) in [4.78, 5) is 25.7. The molecule has 506 valence electrons. The Bertz CT molecular complexity index is 1590. The second-order valence-electron chi connectivity index (χ2n) is 27.0. The second-order valence-corrected chi connectivity index (χ2v) is 28.4. The Labute approximate surface area is 536 Å².